The molecular formula is C21H18ClNO6S. The van der Waals surface area contributed by atoms with Crippen molar-refractivity contribution in [2.75, 3.05) is 17.9 Å². The molecule has 0 aliphatic rings. The van der Waals surface area contributed by atoms with Gasteiger partial charge in [-0.2, -0.15) is 0 Å². The summed E-state index contributed by atoms with van der Waals surface area (Å²) in [6, 6.07) is 18.5. The second-order valence-corrected chi connectivity index (χ2v) is 8.20. The molecule has 0 fully saturated rings. The average Bonchev–Trinajstić information content (AvgIpc) is 2.73. The van der Waals surface area contributed by atoms with Gasteiger partial charge in [0, 0.05) is 5.02 Å². The zero-order valence-corrected chi connectivity index (χ0v) is 17.2. The van der Waals surface area contributed by atoms with E-state index in [0.717, 1.165) is 0 Å². The Morgan fingerprint density at radius 2 is 1.53 bits per heavy atom. The summed E-state index contributed by atoms with van der Waals surface area (Å²) in [6.07, 6.45) is 0. The van der Waals surface area contributed by atoms with E-state index in [1.165, 1.54) is 36.4 Å². The number of hydrogen-bond donors (Lipinski definition) is 2. The Balaban J connectivity index is 1.60. The summed E-state index contributed by atoms with van der Waals surface area (Å²) in [7, 11) is -3.81. The Kier molecular flexibility index (Phi) is 6.81. The van der Waals surface area contributed by atoms with Crippen LogP contribution in [-0.4, -0.2) is 32.7 Å². The van der Waals surface area contributed by atoms with Crippen LogP contribution in [0.4, 0.5) is 5.69 Å². The summed E-state index contributed by atoms with van der Waals surface area (Å²) in [5, 5.41) is 9.33. The fraction of sp³-hybridized carbons (Fsp3) is 0.0952. The molecule has 3 aromatic carbocycles. The van der Waals surface area contributed by atoms with Crippen molar-refractivity contribution in [1.29, 1.82) is 0 Å². The Hall–Kier alpha value is -3.23. The number of ether oxygens (including phenoxy) is 2. The molecule has 0 aliphatic heterocycles. The smallest absolute Gasteiger partial charge is 0.335 e. The van der Waals surface area contributed by atoms with Gasteiger partial charge in [0.05, 0.1) is 16.1 Å². The maximum absolute atomic E-state index is 12.6. The van der Waals surface area contributed by atoms with Crippen molar-refractivity contribution in [3.63, 3.8) is 0 Å². The van der Waals surface area contributed by atoms with Gasteiger partial charge in [0.25, 0.3) is 10.0 Å². The van der Waals surface area contributed by atoms with Crippen LogP contribution in [0.15, 0.2) is 77.7 Å². The molecule has 9 heteroatoms. The maximum Gasteiger partial charge on any atom is 0.335 e. The first-order chi connectivity index (χ1) is 14.3. The van der Waals surface area contributed by atoms with Crippen LogP contribution in [0.2, 0.25) is 5.02 Å². The van der Waals surface area contributed by atoms with E-state index in [9.17, 15) is 13.2 Å². The van der Waals surface area contributed by atoms with E-state index in [2.05, 4.69) is 4.72 Å². The largest absolute Gasteiger partial charge is 0.490 e. The predicted molar refractivity (Wildman–Crippen MR) is 113 cm³/mol. The molecule has 0 saturated heterocycles. The Morgan fingerprint density at radius 3 is 2.20 bits per heavy atom. The van der Waals surface area contributed by atoms with Crippen molar-refractivity contribution in [3.05, 3.63) is 83.4 Å². The fourth-order valence-electron chi connectivity index (χ4n) is 2.50. The molecule has 0 radical (unpaired) electrons. The molecule has 0 aromatic heterocycles. The van der Waals surface area contributed by atoms with Crippen LogP contribution in [0.3, 0.4) is 0 Å². The van der Waals surface area contributed by atoms with Gasteiger partial charge in [-0.15, -0.1) is 0 Å². The number of halogens is 1. The third kappa shape index (κ3) is 5.65. The maximum atomic E-state index is 12.6. The summed E-state index contributed by atoms with van der Waals surface area (Å²) in [5.41, 5.74) is 0.457. The molecular weight excluding hydrogens is 430 g/mol. The summed E-state index contributed by atoms with van der Waals surface area (Å²) in [5.74, 6) is -0.164. The van der Waals surface area contributed by atoms with Crippen LogP contribution >= 0.6 is 11.6 Å². The van der Waals surface area contributed by atoms with Gasteiger partial charge in [0.2, 0.25) is 0 Å². The number of carboxylic acids is 1. The molecule has 2 N–H and O–H groups in total. The van der Waals surface area contributed by atoms with Gasteiger partial charge in [-0.3, -0.25) is 4.72 Å². The number of rotatable bonds is 9. The molecule has 0 bridgehead atoms. The number of hydrogen-bond acceptors (Lipinski definition) is 5. The zero-order valence-electron chi connectivity index (χ0n) is 15.6. The first-order valence-corrected chi connectivity index (χ1v) is 10.7. The van der Waals surface area contributed by atoms with Gasteiger partial charge in [-0.05, 0) is 60.7 Å². The predicted octanol–water partition coefficient (Wildman–Crippen LogP) is 4.30. The van der Waals surface area contributed by atoms with Gasteiger partial charge in [0.15, 0.2) is 0 Å². The van der Waals surface area contributed by atoms with E-state index in [4.69, 9.17) is 26.2 Å². The molecule has 0 amide bonds. The quantitative estimate of drug-likeness (QED) is 0.474. The van der Waals surface area contributed by atoms with Crippen LogP contribution in [0, 0.1) is 0 Å². The first-order valence-electron chi connectivity index (χ1n) is 8.81. The molecule has 3 rings (SSSR count). The molecule has 3 aromatic rings. The van der Waals surface area contributed by atoms with Crippen LogP contribution < -0.4 is 14.2 Å². The Labute approximate surface area is 178 Å². The molecule has 7 nitrogen and oxygen atoms in total. The van der Waals surface area contributed by atoms with Crippen molar-refractivity contribution in [3.8, 4) is 11.5 Å². The number of nitrogens with one attached hydrogen (secondary N) is 1. The highest BCUT2D eigenvalue weighted by Gasteiger charge is 2.16. The molecule has 0 spiro atoms. The second-order valence-electron chi connectivity index (χ2n) is 6.08. The monoisotopic (exact) mass is 447 g/mol. The standard InChI is InChI=1S/C21H18ClNO6S/c22-16-7-11-18(12-8-16)30(26,27)23-19-3-1-2-4-20(19)29-14-13-28-17-9-5-15(6-10-17)21(24)25/h1-12,23H,13-14H2,(H,24,25). The van der Waals surface area contributed by atoms with E-state index in [-0.39, 0.29) is 23.7 Å². The summed E-state index contributed by atoms with van der Waals surface area (Å²) in [4.78, 5) is 10.9. The molecule has 30 heavy (non-hydrogen) atoms. The summed E-state index contributed by atoms with van der Waals surface area (Å²) >= 11 is 5.81. The lowest BCUT2D eigenvalue weighted by Crippen LogP contribution is -2.15. The number of anilines is 1. The highest BCUT2D eigenvalue weighted by molar-refractivity contribution is 7.92. The van der Waals surface area contributed by atoms with E-state index >= 15 is 0 Å². The van der Waals surface area contributed by atoms with Crippen molar-refractivity contribution in [2.45, 2.75) is 4.90 Å². The van der Waals surface area contributed by atoms with Gasteiger partial charge in [-0.25, -0.2) is 13.2 Å². The highest BCUT2D eigenvalue weighted by Crippen LogP contribution is 2.27. The number of benzene rings is 3. The number of sulfonamides is 1. The van der Waals surface area contributed by atoms with Crippen LogP contribution in [0.25, 0.3) is 0 Å². The van der Waals surface area contributed by atoms with E-state index in [1.807, 2.05) is 0 Å². The van der Waals surface area contributed by atoms with Crippen molar-refractivity contribution < 1.29 is 27.8 Å². The summed E-state index contributed by atoms with van der Waals surface area (Å²) in [6.45, 7) is 0.338. The van der Waals surface area contributed by atoms with Crippen LogP contribution in [0.1, 0.15) is 10.4 Å². The lowest BCUT2D eigenvalue weighted by Gasteiger charge is -2.14. The molecule has 0 atom stereocenters. The molecule has 0 aliphatic carbocycles. The van der Waals surface area contributed by atoms with E-state index in [0.29, 0.717) is 22.2 Å². The molecule has 156 valence electrons. The Bertz CT molecular complexity index is 1110. The van der Waals surface area contributed by atoms with E-state index < -0.39 is 16.0 Å². The first kappa shape index (κ1) is 21.5. The molecule has 0 unspecified atom stereocenters. The lowest BCUT2D eigenvalue weighted by atomic mass is 10.2. The van der Waals surface area contributed by atoms with E-state index in [1.54, 1.807) is 36.4 Å². The van der Waals surface area contributed by atoms with Gasteiger partial charge < -0.3 is 14.6 Å². The van der Waals surface area contributed by atoms with Crippen molar-refractivity contribution in [1.82, 2.24) is 0 Å². The average molecular weight is 448 g/mol. The Morgan fingerprint density at radius 1 is 0.900 bits per heavy atom. The number of aromatic carboxylic acids is 1. The van der Waals surface area contributed by atoms with Gasteiger partial charge >= 0.3 is 5.97 Å². The van der Waals surface area contributed by atoms with Crippen LogP contribution in [0.5, 0.6) is 11.5 Å². The number of carbonyl (C=O) groups is 1. The topological polar surface area (TPSA) is 102 Å². The minimum atomic E-state index is -3.81. The second kappa shape index (κ2) is 9.51. The number of para-hydroxylation sites is 2. The summed E-state index contributed by atoms with van der Waals surface area (Å²) < 4.78 is 38.8. The third-order valence-electron chi connectivity index (χ3n) is 3.97. The third-order valence-corrected chi connectivity index (χ3v) is 5.60. The van der Waals surface area contributed by atoms with Gasteiger partial charge in [-0.1, -0.05) is 23.7 Å². The SMILES string of the molecule is O=C(O)c1ccc(OCCOc2ccccc2NS(=O)(=O)c2ccc(Cl)cc2)cc1. The lowest BCUT2D eigenvalue weighted by molar-refractivity contribution is 0.0697. The minimum Gasteiger partial charge on any atom is -0.490 e. The van der Waals surface area contributed by atoms with Crippen molar-refractivity contribution >= 4 is 33.3 Å². The van der Waals surface area contributed by atoms with Crippen molar-refractivity contribution in [2.24, 2.45) is 0 Å². The molecule has 0 saturated carbocycles. The minimum absolute atomic E-state index is 0.0786. The normalized spacial score (nSPS) is 11.0. The number of carboxylic acid groups (broad SMARTS) is 1. The van der Waals surface area contributed by atoms with Crippen LogP contribution in [-0.2, 0) is 10.0 Å². The van der Waals surface area contributed by atoms with Gasteiger partial charge in [0.1, 0.15) is 24.7 Å². The zero-order chi connectivity index (χ0) is 21.6. The fourth-order valence-corrected chi connectivity index (χ4v) is 3.70. The highest BCUT2D eigenvalue weighted by atomic mass is 35.5. The molecule has 0 heterocycles.